The molecular formula is C18H28Cl2N2. The van der Waals surface area contributed by atoms with Gasteiger partial charge in [-0.1, -0.05) is 24.3 Å². The predicted octanol–water partition coefficient (Wildman–Crippen LogP) is 3.63. The van der Waals surface area contributed by atoms with Crippen molar-refractivity contribution in [3.05, 3.63) is 35.4 Å². The Morgan fingerprint density at radius 1 is 1.05 bits per heavy atom. The molecule has 4 aliphatic rings. The lowest BCUT2D eigenvalue weighted by atomic mass is 9.81. The minimum Gasteiger partial charge on any atom is -0.312 e. The van der Waals surface area contributed by atoms with Crippen molar-refractivity contribution in [2.45, 2.75) is 44.1 Å². The molecule has 0 radical (unpaired) electrons. The lowest BCUT2D eigenvalue weighted by molar-refractivity contribution is 0.0718. The minimum absolute atomic E-state index is 0. The maximum Gasteiger partial charge on any atom is 0.0224 e. The Kier molecular flexibility index (Phi) is 6.58. The van der Waals surface area contributed by atoms with Crippen LogP contribution in [0.3, 0.4) is 0 Å². The SMILES string of the molecule is Cl.Cl.c1ccc2c(c1)CCC[C@H]2CN[C@H]1CN2CCC1CC2. The first-order valence-electron chi connectivity index (χ1n) is 8.44. The van der Waals surface area contributed by atoms with Crippen LogP contribution in [-0.2, 0) is 6.42 Å². The fourth-order valence-corrected chi connectivity index (χ4v) is 4.56. The Hall–Kier alpha value is -0.280. The molecule has 4 heteroatoms. The topological polar surface area (TPSA) is 15.3 Å². The highest BCUT2D eigenvalue weighted by atomic mass is 35.5. The lowest BCUT2D eigenvalue weighted by Crippen LogP contribution is -2.56. The van der Waals surface area contributed by atoms with Crippen molar-refractivity contribution in [2.24, 2.45) is 5.92 Å². The summed E-state index contributed by atoms with van der Waals surface area (Å²) in [6, 6.07) is 9.85. The van der Waals surface area contributed by atoms with E-state index in [0.29, 0.717) is 0 Å². The molecule has 3 aliphatic heterocycles. The molecule has 0 saturated carbocycles. The first-order valence-corrected chi connectivity index (χ1v) is 8.44. The van der Waals surface area contributed by atoms with Gasteiger partial charge < -0.3 is 10.2 Å². The summed E-state index contributed by atoms with van der Waals surface area (Å²) in [6.07, 6.45) is 6.85. The number of hydrogen-bond acceptors (Lipinski definition) is 2. The summed E-state index contributed by atoms with van der Waals surface area (Å²) in [7, 11) is 0. The van der Waals surface area contributed by atoms with Gasteiger partial charge in [0.1, 0.15) is 0 Å². The Balaban J connectivity index is 0.000000882. The summed E-state index contributed by atoms with van der Waals surface area (Å²) in [5.74, 6) is 1.69. The van der Waals surface area contributed by atoms with Crippen LogP contribution in [0, 0.1) is 5.92 Å². The van der Waals surface area contributed by atoms with Gasteiger partial charge in [-0.15, -0.1) is 24.8 Å². The maximum atomic E-state index is 3.92. The number of benzene rings is 1. The zero-order valence-electron chi connectivity index (χ0n) is 13.2. The van der Waals surface area contributed by atoms with Gasteiger partial charge in [0.2, 0.25) is 0 Å². The molecule has 0 amide bonds. The van der Waals surface area contributed by atoms with Crippen LogP contribution in [0.4, 0.5) is 0 Å². The minimum atomic E-state index is 0. The van der Waals surface area contributed by atoms with Crippen LogP contribution in [0.25, 0.3) is 0 Å². The normalized spacial score (nSPS) is 32.5. The van der Waals surface area contributed by atoms with Crippen LogP contribution >= 0.6 is 24.8 Å². The maximum absolute atomic E-state index is 3.92. The third-order valence-corrected chi connectivity index (χ3v) is 5.78. The van der Waals surface area contributed by atoms with Crippen molar-refractivity contribution in [3.63, 3.8) is 0 Å². The van der Waals surface area contributed by atoms with Gasteiger partial charge in [0.15, 0.2) is 0 Å². The van der Waals surface area contributed by atoms with E-state index < -0.39 is 0 Å². The molecule has 1 aromatic rings. The molecule has 22 heavy (non-hydrogen) atoms. The number of piperidine rings is 3. The van der Waals surface area contributed by atoms with Crippen molar-refractivity contribution in [3.8, 4) is 0 Å². The fraction of sp³-hybridized carbons (Fsp3) is 0.667. The Bertz CT molecular complexity index is 472. The molecule has 124 valence electrons. The average molecular weight is 343 g/mol. The molecular weight excluding hydrogens is 315 g/mol. The summed E-state index contributed by atoms with van der Waals surface area (Å²) in [5.41, 5.74) is 3.21. The molecule has 0 spiro atoms. The first kappa shape index (κ1) is 18.1. The highest BCUT2D eigenvalue weighted by molar-refractivity contribution is 5.85. The van der Waals surface area contributed by atoms with Gasteiger partial charge in [-0.25, -0.2) is 0 Å². The quantitative estimate of drug-likeness (QED) is 0.902. The third-order valence-electron chi connectivity index (χ3n) is 5.78. The molecule has 0 aromatic heterocycles. The number of rotatable bonds is 3. The summed E-state index contributed by atoms with van der Waals surface area (Å²) in [6.45, 7) is 5.16. The third kappa shape index (κ3) is 3.62. The van der Waals surface area contributed by atoms with Crippen LogP contribution in [0.5, 0.6) is 0 Å². The van der Waals surface area contributed by atoms with Crippen molar-refractivity contribution in [1.82, 2.24) is 10.2 Å². The summed E-state index contributed by atoms with van der Waals surface area (Å²) in [4.78, 5) is 2.65. The Morgan fingerprint density at radius 2 is 1.82 bits per heavy atom. The average Bonchev–Trinajstić information content (AvgIpc) is 2.54. The van der Waals surface area contributed by atoms with Gasteiger partial charge in [-0.05, 0) is 68.2 Å². The van der Waals surface area contributed by atoms with Gasteiger partial charge in [-0.2, -0.15) is 0 Å². The van der Waals surface area contributed by atoms with E-state index in [9.17, 15) is 0 Å². The molecule has 3 heterocycles. The molecule has 0 unspecified atom stereocenters. The van der Waals surface area contributed by atoms with Crippen molar-refractivity contribution < 1.29 is 0 Å². The smallest absolute Gasteiger partial charge is 0.0224 e. The van der Waals surface area contributed by atoms with Crippen LogP contribution in [0.1, 0.15) is 42.7 Å². The standard InChI is InChI=1S/C18H26N2.2ClH/c1-2-7-17-14(4-1)5-3-6-16(17)12-19-18-13-20-10-8-15(18)9-11-20;;/h1-2,4,7,15-16,18-19H,3,5-6,8-13H2;2*1H/t16-,18-;;/m0../s1. The first-order chi connectivity index (χ1) is 9.90. The lowest BCUT2D eigenvalue weighted by Gasteiger charge is -2.45. The molecule has 2 atom stereocenters. The van der Waals surface area contributed by atoms with E-state index in [4.69, 9.17) is 0 Å². The molecule has 2 nitrogen and oxygen atoms in total. The van der Waals surface area contributed by atoms with E-state index in [1.807, 2.05) is 0 Å². The molecule has 3 saturated heterocycles. The molecule has 5 rings (SSSR count). The highest BCUT2D eigenvalue weighted by Crippen LogP contribution is 2.32. The number of halogens is 2. The molecule has 2 bridgehead atoms. The highest BCUT2D eigenvalue weighted by Gasteiger charge is 2.34. The van der Waals surface area contributed by atoms with E-state index in [0.717, 1.165) is 17.9 Å². The number of nitrogens with one attached hydrogen (secondary N) is 1. The van der Waals surface area contributed by atoms with Gasteiger partial charge in [0.25, 0.3) is 0 Å². The van der Waals surface area contributed by atoms with E-state index in [1.54, 1.807) is 11.1 Å². The van der Waals surface area contributed by atoms with Crippen molar-refractivity contribution in [1.29, 1.82) is 0 Å². The second-order valence-corrected chi connectivity index (χ2v) is 6.94. The monoisotopic (exact) mass is 342 g/mol. The van der Waals surface area contributed by atoms with Crippen LogP contribution in [-0.4, -0.2) is 37.1 Å². The molecule has 1 aliphatic carbocycles. The molecule has 1 N–H and O–H groups in total. The van der Waals surface area contributed by atoms with E-state index >= 15 is 0 Å². The number of hydrogen-bond donors (Lipinski definition) is 1. The van der Waals surface area contributed by atoms with E-state index in [-0.39, 0.29) is 24.8 Å². The second-order valence-electron chi connectivity index (χ2n) is 6.94. The number of aryl methyl sites for hydroxylation is 1. The van der Waals surface area contributed by atoms with E-state index in [2.05, 4.69) is 34.5 Å². The van der Waals surface area contributed by atoms with Gasteiger partial charge in [-0.3, -0.25) is 0 Å². The Labute approximate surface area is 146 Å². The second kappa shape index (κ2) is 8.01. The van der Waals surface area contributed by atoms with Crippen LogP contribution in [0.15, 0.2) is 24.3 Å². The van der Waals surface area contributed by atoms with Gasteiger partial charge in [0, 0.05) is 19.1 Å². The zero-order valence-corrected chi connectivity index (χ0v) is 14.8. The van der Waals surface area contributed by atoms with Crippen LogP contribution < -0.4 is 5.32 Å². The Morgan fingerprint density at radius 3 is 2.55 bits per heavy atom. The van der Waals surface area contributed by atoms with Crippen molar-refractivity contribution >= 4 is 24.8 Å². The fourth-order valence-electron chi connectivity index (χ4n) is 4.56. The number of nitrogens with zero attached hydrogens (tertiary/aromatic N) is 1. The number of fused-ring (bicyclic) bond motifs is 4. The zero-order chi connectivity index (χ0) is 13.4. The predicted molar refractivity (Wildman–Crippen MR) is 97.6 cm³/mol. The summed E-state index contributed by atoms with van der Waals surface area (Å²) < 4.78 is 0. The van der Waals surface area contributed by atoms with E-state index in [1.165, 1.54) is 58.3 Å². The molecule has 1 aromatic carbocycles. The van der Waals surface area contributed by atoms with Gasteiger partial charge >= 0.3 is 0 Å². The van der Waals surface area contributed by atoms with Crippen molar-refractivity contribution in [2.75, 3.05) is 26.2 Å². The summed E-state index contributed by atoms with van der Waals surface area (Å²) in [5, 5.41) is 3.92. The van der Waals surface area contributed by atoms with Crippen LogP contribution in [0.2, 0.25) is 0 Å². The molecule has 3 fully saturated rings. The largest absolute Gasteiger partial charge is 0.312 e. The summed E-state index contributed by atoms with van der Waals surface area (Å²) >= 11 is 0. The van der Waals surface area contributed by atoms with Gasteiger partial charge in [0.05, 0.1) is 0 Å².